The van der Waals surface area contributed by atoms with Gasteiger partial charge in [-0.25, -0.2) is 8.42 Å². The van der Waals surface area contributed by atoms with Crippen molar-refractivity contribution in [1.82, 2.24) is 9.62 Å². The quantitative estimate of drug-likeness (QED) is 0.619. The summed E-state index contributed by atoms with van der Waals surface area (Å²) in [5.74, 6) is -0.334. The van der Waals surface area contributed by atoms with Gasteiger partial charge in [-0.2, -0.15) is 4.31 Å². The van der Waals surface area contributed by atoms with Gasteiger partial charge in [0.2, 0.25) is 15.9 Å². The fourth-order valence-electron chi connectivity index (χ4n) is 3.33. The molecule has 0 bridgehead atoms. The lowest BCUT2D eigenvalue weighted by atomic mass is 10.2. The van der Waals surface area contributed by atoms with E-state index in [9.17, 15) is 13.2 Å². The minimum absolute atomic E-state index is 0.0562. The first-order chi connectivity index (χ1) is 13.8. The van der Waals surface area contributed by atoms with E-state index in [-0.39, 0.29) is 29.9 Å². The molecular weight excluding hydrogens is 455 g/mol. The van der Waals surface area contributed by atoms with Crippen molar-refractivity contribution < 1.29 is 13.2 Å². The summed E-state index contributed by atoms with van der Waals surface area (Å²) in [5.41, 5.74) is 0.558. The zero-order valence-corrected chi connectivity index (χ0v) is 18.7. The van der Waals surface area contributed by atoms with Crippen molar-refractivity contribution in [3.8, 4) is 0 Å². The molecule has 0 aliphatic heterocycles. The SMILES string of the molecule is O=C(CN(Cc1ccc(Cl)cc1Cl)S(=O)(=O)c1ccc(Cl)cc1)NC1CCCC1. The summed E-state index contributed by atoms with van der Waals surface area (Å²) in [4.78, 5) is 12.6. The van der Waals surface area contributed by atoms with Gasteiger partial charge in [-0.15, -0.1) is 0 Å². The van der Waals surface area contributed by atoms with Crippen LogP contribution in [0.1, 0.15) is 31.2 Å². The van der Waals surface area contributed by atoms with Crippen LogP contribution in [0.15, 0.2) is 47.4 Å². The van der Waals surface area contributed by atoms with Gasteiger partial charge in [0.05, 0.1) is 11.4 Å². The summed E-state index contributed by atoms with van der Waals surface area (Å²) < 4.78 is 27.6. The minimum Gasteiger partial charge on any atom is -0.352 e. The normalized spacial score (nSPS) is 15.0. The second-order valence-electron chi connectivity index (χ2n) is 7.01. The first kappa shape index (κ1) is 22.4. The Morgan fingerprint density at radius 2 is 1.62 bits per heavy atom. The van der Waals surface area contributed by atoms with Crippen LogP contribution in [0.4, 0.5) is 0 Å². The van der Waals surface area contributed by atoms with E-state index in [2.05, 4.69) is 5.32 Å². The maximum Gasteiger partial charge on any atom is 0.243 e. The number of nitrogens with one attached hydrogen (secondary N) is 1. The summed E-state index contributed by atoms with van der Waals surface area (Å²) in [6.45, 7) is -0.362. The van der Waals surface area contributed by atoms with Gasteiger partial charge in [-0.3, -0.25) is 4.79 Å². The molecule has 0 heterocycles. The van der Waals surface area contributed by atoms with E-state index in [1.807, 2.05) is 0 Å². The fourth-order valence-corrected chi connectivity index (χ4v) is 5.29. The molecule has 29 heavy (non-hydrogen) atoms. The van der Waals surface area contributed by atoms with Crippen LogP contribution in [0.25, 0.3) is 0 Å². The predicted molar refractivity (Wildman–Crippen MR) is 116 cm³/mol. The maximum absolute atomic E-state index is 13.2. The second kappa shape index (κ2) is 9.67. The number of sulfonamides is 1. The van der Waals surface area contributed by atoms with Gasteiger partial charge >= 0.3 is 0 Å². The average Bonchev–Trinajstić information content (AvgIpc) is 3.16. The van der Waals surface area contributed by atoms with E-state index in [1.165, 1.54) is 24.3 Å². The number of nitrogens with zero attached hydrogens (tertiary/aromatic N) is 1. The van der Waals surface area contributed by atoms with Crippen molar-refractivity contribution in [2.24, 2.45) is 0 Å². The third kappa shape index (κ3) is 5.86. The predicted octanol–water partition coefficient (Wildman–Crippen LogP) is 4.90. The average molecular weight is 476 g/mol. The molecule has 156 valence electrons. The number of carbonyl (C=O) groups is 1. The summed E-state index contributed by atoms with van der Waals surface area (Å²) in [5, 5.41) is 4.14. The van der Waals surface area contributed by atoms with Crippen LogP contribution in [0, 0.1) is 0 Å². The third-order valence-electron chi connectivity index (χ3n) is 4.85. The molecular formula is C20H21Cl3N2O3S. The number of halogens is 3. The number of amides is 1. The number of hydrogen-bond donors (Lipinski definition) is 1. The number of benzene rings is 2. The first-order valence-corrected chi connectivity index (χ1v) is 11.8. The molecule has 5 nitrogen and oxygen atoms in total. The fraction of sp³-hybridized carbons (Fsp3) is 0.350. The number of carbonyl (C=O) groups excluding carboxylic acids is 1. The highest BCUT2D eigenvalue weighted by atomic mass is 35.5. The molecule has 0 aromatic heterocycles. The van der Waals surface area contributed by atoms with Crippen molar-refractivity contribution in [2.45, 2.75) is 43.2 Å². The molecule has 0 spiro atoms. The molecule has 0 saturated heterocycles. The highest BCUT2D eigenvalue weighted by Gasteiger charge is 2.28. The highest BCUT2D eigenvalue weighted by Crippen LogP contribution is 2.26. The molecule has 1 fully saturated rings. The highest BCUT2D eigenvalue weighted by molar-refractivity contribution is 7.89. The van der Waals surface area contributed by atoms with Gasteiger partial charge < -0.3 is 5.32 Å². The summed E-state index contributed by atoms with van der Waals surface area (Å²) in [7, 11) is -3.95. The molecule has 1 aliphatic carbocycles. The lowest BCUT2D eigenvalue weighted by Gasteiger charge is -2.23. The van der Waals surface area contributed by atoms with Crippen molar-refractivity contribution in [3.05, 3.63) is 63.1 Å². The Hall–Kier alpha value is -1.31. The second-order valence-corrected chi connectivity index (χ2v) is 10.2. The molecule has 2 aromatic rings. The molecule has 0 atom stereocenters. The number of rotatable bonds is 7. The van der Waals surface area contributed by atoms with E-state index in [1.54, 1.807) is 18.2 Å². The smallest absolute Gasteiger partial charge is 0.243 e. The first-order valence-electron chi connectivity index (χ1n) is 9.25. The van der Waals surface area contributed by atoms with E-state index in [0.29, 0.717) is 20.6 Å². The topological polar surface area (TPSA) is 66.5 Å². The van der Waals surface area contributed by atoms with Gasteiger partial charge in [0.15, 0.2) is 0 Å². The molecule has 0 radical (unpaired) electrons. The zero-order valence-electron chi connectivity index (χ0n) is 15.6. The van der Waals surface area contributed by atoms with Gasteiger partial charge in [0.1, 0.15) is 0 Å². The van der Waals surface area contributed by atoms with Crippen LogP contribution >= 0.6 is 34.8 Å². The molecule has 3 rings (SSSR count). The van der Waals surface area contributed by atoms with Gasteiger partial charge in [-0.05, 0) is 54.8 Å². The Morgan fingerprint density at radius 3 is 2.24 bits per heavy atom. The van der Waals surface area contributed by atoms with Crippen molar-refractivity contribution >= 4 is 50.7 Å². The van der Waals surface area contributed by atoms with Gasteiger partial charge in [0.25, 0.3) is 0 Å². The van der Waals surface area contributed by atoms with E-state index >= 15 is 0 Å². The Balaban J connectivity index is 1.87. The van der Waals surface area contributed by atoms with E-state index in [4.69, 9.17) is 34.8 Å². The molecule has 1 amide bonds. The van der Waals surface area contributed by atoms with Crippen LogP contribution in [0.3, 0.4) is 0 Å². The standard InChI is InChI=1S/C20H21Cl3N2O3S/c21-15-7-9-18(10-8-15)29(27,28)25(12-14-5-6-16(22)11-19(14)23)13-20(26)24-17-3-1-2-4-17/h5-11,17H,1-4,12-13H2,(H,24,26). The Morgan fingerprint density at radius 1 is 1.00 bits per heavy atom. The summed E-state index contributed by atoms with van der Waals surface area (Å²) in [6.07, 6.45) is 3.97. The Bertz CT molecular complexity index is 975. The molecule has 1 aliphatic rings. The zero-order chi connectivity index (χ0) is 21.0. The summed E-state index contributed by atoms with van der Waals surface area (Å²) >= 11 is 18.1. The van der Waals surface area contributed by atoms with Crippen LogP contribution in [0.5, 0.6) is 0 Å². The van der Waals surface area contributed by atoms with Crippen LogP contribution in [-0.2, 0) is 21.4 Å². The van der Waals surface area contributed by atoms with Crippen molar-refractivity contribution in [2.75, 3.05) is 6.54 Å². The van der Waals surface area contributed by atoms with Crippen LogP contribution < -0.4 is 5.32 Å². The molecule has 0 unspecified atom stereocenters. The lowest BCUT2D eigenvalue weighted by Crippen LogP contribution is -2.43. The number of hydrogen-bond acceptors (Lipinski definition) is 3. The van der Waals surface area contributed by atoms with Gasteiger partial charge in [-0.1, -0.05) is 53.7 Å². The maximum atomic E-state index is 13.2. The van der Waals surface area contributed by atoms with Gasteiger partial charge in [0, 0.05) is 27.7 Å². The minimum atomic E-state index is -3.95. The Kier molecular flexibility index (Phi) is 7.46. The lowest BCUT2D eigenvalue weighted by molar-refractivity contribution is -0.122. The van der Waals surface area contributed by atoms with Crippen molar-refractivity contribution in [1.29, 1.82) is 0 Å². The van der Waals surface area contributed by atoms with Crippen molar-refractivity contribution in [3.63, 3.8) is 0 Å². The monoisotopic (exact) mass is 474 g/mol. The molecule has 1 saturated carbocycles. The third-order valence-corrected chi connectivity index (χ3v) is 7.50. The van der Waals surface area contributed by atoms with Crippen LogP contribution in [0.2, 0.25) is 15.1 Å². The molecule has 9 heteroatoms. The Labute approximate surface area is 186 Å². The van der Waals surface area contributed by atoms with Crippen LogP contribution in [-0.4, -0.2) is 31.2 Å². The summed E-state index contributed by atoms with van der Waals surface area (Å²) in [6, 6.07) is 10.8. The largest absolute Gasteiger partial charge is 0.352 e. The molecule has 2 aromatic carbocycles. The molecule has 1 N–H and O–H groups in total. The van der Waals surface area contributed by atoms with E-state index in [0.717, 1.165) is 30.0 Å². The van der Waals surface area contributed by atoms with E-state index < -0.39 is 10.0 Å².